The molecule has 0 amide bonds. The second-order valence-electron chi connectivity index (χ2n) is 4.41. The fourth-order valence-electron chi connectivity index (χ4n) is 2.04. The van der Waals surface area contributed by atoms with E-state index < -0.39 is 0 Å². The van der Waals surface area contributed by atoms with Crippen molar-refractivity contribution < 1.29 is 0 Å². The highest BCUT2D eigenvalue weighted by molar-refractivity contribution is 4.88. The average Bonchev–Trinajstić information content (AvgIpc) is 3.02. The van der Waals surface area contributed by atoms with Gasteiger partial charge in [-0.25, -0.2) is 0 Å². The predicted octanol–water partition coefficient (Wildman–Crippen LogP) is -0.859. The summed E-state index contributed by atoms with van der Waals surface area (Å²) in [5, 5.41) is 6.66. The molecule has 0 bridgehead atoms. The SMILES string of the molecule is CNC(C)N1CCN(CC2CN2)CC1. The van der Waals surface area contributed by atoms with Crippen LogP contribution in [0.15, 0.2) is 0 Å². The first-order valence-corrected chi connectivity index (χ1v) is 5.66. The molecule has 14 heavy (non-hydrogen) atoms. The molecule has 2 unspecified atom stereocenters. The Morgan fingerprint density at radius 3 is 2.50 bits per heavy atom. The van der Waals surface area contributed by atoms with E-state index in [1.807, 2.05) is 7.05 Å². The summed E-state index contributed by atoms with van der Waals surface area (Å²) >= 11 is 0. The number of rotatable bonds is 4. The molecule has 0 aromatic carbocycles. The Kier molecular flexibility index (Phi) is 3.38. The third kappa shape index (κ3) is 2.67. The van der Waals surface area contributed by atoms with Gasteiger partial charge in [0.05, 0.1) is 6.17 Å². The minimum absolute atomic E-state index is 0.524. The summed E-state index contributed by atoms with van der Waals surface area (Å²) in [4.78, 5) is 5.08. The first kappa shape index (κ1) is 10.4. The molecular weight excluding hydrogens is 176 g/mol. The Morgan fingerprint density at radius 1 is 1.36 bits per heavy atom. The molecule has 0 saturated carbocycles. The molecule has 0 aromatic rings. The summed E-state index contributed by atoms with van der Waals surface area (Å²) < 4.78 is 0. The lowest BCUT2D eigenvalue weighted by Gasteiger charge is -2.37. The van der Waals surface area contributed by atoms with Crippen molar-refractivity contribution in [2.45, 2.75) is 19.1 Å². The molecule has 2 N–H and O–H groups in total. The number of piperazine rings is 1. The minimum atomic E-state index is 0.524. The van der Waals surface area contributed by atoms with Crippen LogP contribution in [0.1, 0.15) is 6.92 Å². The fourth-order valence-corrected chi connectivity index (χ4v) is 2.04. The Morgan fingerprint density at radius 2 is 2.00 bits per heavy atom. The van der Waals surface area contributed by atoms with Gasteiger partial charge >= 0.3 is 0 Å². The standard InChI is InChI=1S/C10H22N4/c1-9(11-2)14-5-3-13(4-6-14)8-10-7-12-10/h9-12H,3-8H2,1-2H3. The van der Waals surface area contributed by atoms with E-state index in [2.05, 4.69) is 27.4 Å². The van der Waals surface area contributed by atoms with Gasteiger partial charge in [-0.3, -0.25) is 9.80 Å². The van der Waals surface area contributed by atoms with Gasteiger partial charge in [0.15, 0.2) is 0 Å². The highest BCUT2D eigenvalue weighted by Gasteiger charge is 2.26. The Labute approximate surface area is 86.6 Å². The van der Waals surface area contributed by atoms with Gasteiger partial charge in [-0.15, -0.1) is 0 Å². The van der Waals surface area contributed by atoms with Crippen LogP contribution in [0.4, 0.5) is 0 Å². The zero-order chi connectivity index (χ0) is 9.97. The molecule has 2 saturated heterocycles. The third-order valence-electron chi connectivity index (χ3n) is 3.34. The van der Waals surface area contributed by atoms with Gasteiger partial charge in [0.1, 0.15) is 0 Å². The monoisotopic (exact) mass is 198 g/mol. The van der Waals surface area contributed by atoms with Crippen LogP contribution in [0, 0.1) is 0 Å². The van der Waals surface area contributed by atoms with Gasteiger partial charge in [-0.05, 0) is 14.0 Å². The molecule has 2 atom stereocenters. The lowest BCUT2D eigenvalue weighted by Crippen LogP contribution is -2.53. The zero-order valence-corrected chi connectivity index (χ0v) is 9.29. The highest BCUT2D eigenvalue weighted by Crippen LogP contribution is 2.07. The van der Waals surface area contributed by atoms with E-state index in [9.17, 15) is 0 Å². The predicted molar refractivity (Wildman–Crippen MR) is 58.3 cm³/mol. The van der Waals surface area contributed by atoms with Crippen molar-refractivity contribution >= 4 is 0 Å². The minimum Gasteiger partial charge on any atom is -0.310 e. The van der Waals surface area contributed by atoms with Gasteiger partial charge < -0.3 is 10.6 Å². The van der Waals surface area contributed by atoms with Crippen LogP contribution >= 0.6 is 0 Å². The summed E-state index contributed by atoms with van der Waals surface area (Å²) in [5.41, 5.74) is 0. The largest absolute Gasteiger partial charge is 0.310 e. The molecule has 2 aliphatic rings. The summed E-state index contributed by atoms with van der Waals surface area (Å²) in [6.45, 7) is 9.57. The molecule has 0 aliphatic carbocycles. The van der Waals surface area contributed by atoms with E-state index in [-0.39, 0.29) is 0 Å². The van der Waals surface area contributed by atoms with Crippen molar-refractivity contribution in [1.29, 1.82) is 0 Å². The molecule has 0 spiro atoms. The van der Waals surface area contributed by atoms with E-state index in [1.54, 1.807) is 0 Å². The molecule has 4 nitrogen and oxygen atoms in total. The highest BCUT2D eigenvalue weighted by atomic mass is 15.3. The summed E-state index contributed by atoms with van der Waals surface area (Å²) in [6, 6.07) is 0.795. The molecule has 0 radical (unpaired) electrons. The maximum absolute atomic E-state index is 3.36. The summed E-state index contributed by atoms with van der Waals surface area (Å²) in [6.07, 6.45) is 0.524. The van der Waals surface area contributed by atoms with Crippen LogP contribution in [0.5, 0.6) is 0 Å². The second kappa shape index (κ2) is 4.57. The Hall–Kier alpha value is -0.160. The second-order valence-corrected chi connectivity index (χ2v) is 4.41. The number of nitrogens with zero attached hydrogens (tertiary/aromatic N) is 2. The van der Waals surface area contributed by atoms with Crippen molar-refractivity contribution in [2.75, 3.05) is 46.3 Å². The maximum Gasteiger partial charge on any atom is 0.0566 e. The van der Waals surface area contributed by atoms with E-state index in [1.165, 1.54) is 39.3 Å². The van der Waals surface area contributed by atoms with Crippen molar-refractivity contribution in [3.05, 3.63) is 0 Å². The lowest BCUT2D eigenvalue weighted by atomic mass is 10.2. The van der Waals surface area contributed by atoms with Crippen molar-refractivity contribution in [3.8, 4) is 0 Å². The van der Waals surface area contributed by atoms with Crippen molar-refractivity contribution in [1.82, 2.24) is 20.4 Å². The first-order chi connectivity index (χ1) is 6.79. The average molecular weight is 198 g/mol. The van der Waals surface area contributed by atoms with Crippen LogP contribution in [0.2, 0.25) is 0 Å². The van der Waals surface area contributed by atoms with Gasteiger partial charge in [0.2, 0.25) is 0 Å². The van der Waals surface area contributed by atoms with Crippen LogP contribution in [-0.4, -0.2) is 68.3 Å². The molecule has 2 aliphatic heterocycles. The molecular formula is C10H22N4. The van der Waals surface area contributed by atoms with Crippen LogP contribution < -0.4 is 10.6 Å². The fraction of sp³-hybridized carbons (Fsp3) is 1.00. The Balaban J connectivity index is 1.68. The van der Waals surface area contributed by atoms with E-state index in [0.717, 1.165) is 6.04 Å². The van der Waals surface area contributed by atoms with E-state index in [0.29, 0.717) is 6.17 Å². The molecule has 2 fully saturated rings. The van der Waals surface area contributed by atoms with Crippen molar-refractivity contribution in [3.63, 3.8) is 0 Å². The van der Waals surface area contributed by atoms with Crippen molar-refractivity contribution in [2.24, 2.45) is 0 Å². The number of nitrogens with one attached hydrogen (secondary N) is 2. The van der Waals surface area contributed by atoms with Crippen LogP contribution in [-0.2, 0) is 0 Å². The van der Waals surface area contributed by atoms with Gasteiger partial charge in [-0.1, -0.05) is 0 Å². The van der Waals surface area contributed by atoms with Crippen LogP contribution in [0.3, 0.4) is 0 Å². The van der Waals surface area contributed by atoms with Gasteiger partial charge in [0, 0.05) is 45.3 Å². The van der Waals surface area contributed by atoms with E-state index in [4.69, 9.17) is 0 Å². The van der Waals surface area contributed by atoms with Gasteiger partial charge in [-0.2, -0.15) is 0 Å². The maximum atomic E-state index is 3.36. The van der Waals surface area contributed by atoms with E-state index >= 15 is 0 Å². The summed E-state index contributed by atoms with van der Waals surface area (Å²) in [5.74, 6) is 0. The lowest BCUT2D eigenvalue weighted by molar-refractivity contribution is 0.0927. The quantitative estimate of drug-likeness (QED) is 0.577. The smallest absolute Gasteiger partial charge is 0.0566 e. The first-order valence-electron chi connectivity index (χ1n) is 5.66. The molecule has 4 heteroatoms. The number of hydrogen-bond acceptors (Lipinski definition) is 4. The molecule has 2 heterocycles. The molecule has 2 rings (SSSR count). The van der Waals surface area contributed by atoms with Crippen LogP contribution in [0.25, 0.3) is 0 Å². The van der Waals surface area contributed by atoms with Gasteiger partial charge in [0.25, 0.3) is 0 Å². The molecule has 0 aromatic heterocycles. The Bertz CT molecular complexity index is 173. The summed E-state index contributed by atoms with van der Waals surface area (Å²) in [7, 11) is 2.03. The zero-order valence-electron chi connectivity index (χ0n) is 9.29. The number of hydrogen-bond donors (Lipinski definition) is 2. The normalized spacial score (nSPS) is 31.7. The molecule has 82 valence electrons. The topological polar surface area (TPSA) is 40.5 Å². The third-order valence-corrected chi connectivity index (χ3v) is 3.34.